The van der Waals surface area contributed by atoms with Crippen LogP contribution in [-0.4, -0.2) is 28.9 Å². The monoisotopic (exact) mass is 668 g/mol. The number of carboxylic acid groups (broad SMARTS) is 1. The average molecular weight is 669 g/mol. The van der Waals surface area contributed by atoms with E-state index in [1.807, 2.05) is 97.1 Å². The topological polar surface area (TPSA) is 95.5 Å². The van der Waals surface area contributed by atoms with E-state index >= 15 is 0 Å². The van der Waals surface area contributed by atoms with Gasteiger partial charge in [-0.3, -0.25) is 9.59 Å². The van der Waals surface area contributed by atoms with Gasteiger partial charge >= 0.3 is 5.97 Å². The number of hydrogen-bond acceptors (Lipinski definition) is 3. The molecule has 0 fully saturated rings. The molecular formula is C41H30ClFN2O4. The summed E-state index contributed by atoms with van der Waals surface area (Å²) in [5.74, 6) is -2.98. The highest BCUT2D eigenvalue weighted by molar-refractivity contribution is 6.31. The predicted molar refractivity (Wildman–Crippen MR) is 191 cm³/mol. The summed E-state index contributed by atoms with van der Waals surface area (Å²) in [5, 5.41) is 15.4. The fourth-order valence-corrected chi connectivity index (χ4v) is 5.65. The summed E-state index contributed by atoms with van der Waals surface area (Å²) in [6.45, 7) is 0. The Kier molecular flexibility index (Phi) is 9.93. The van der Waals surface area contributed by atoms with E-state index in [1.165, 1.54) is 24.3 Å². The molecule has 1 atom stereocenters. The van der Waals surface area contributed by atoms with Crippen LogP contribution in [0.15, 0.2) is 146 Å². The summed E-state index contributed by atoms with van der Waals surface area (Å²) in [5.41, 5.74) is 6.27. The van der Waals surface area contributed by atoms with Gasteiger partial charge in [0.05, 0.1) is 16.3 Å². The first-order chi connectivity index (χ1) is 23.7. The molecule has 8 heteroatoms. The normalized spacial score (nSPS) is 11.4. The Labute approximate surface area is 287 Å². The molecule has 6 rings (SSSR count). The SMILES string of the molecule is O=C(Nc1ccc(-c2ccc(F)c(Cl)c2)cc1C(=O)NC(Cc1ccc(-c2ccccc2)cc1)C(=O)O)c1ccc(-c2ccccc2)cc1. The van der Waals surface area contributed by atoms with Crippen LogP contribution in [0.1, 0.15) is 26.3 Å². The standard InChI is InChI=1S/C41H30ClFN2O4/c42-35-25-33(19-21-36(35)43)32-20-22-37(44-39(46)31-17-15-30(16-18-31)28-9-5-2-6-10-28)34(24-32)40(47)45-38(41(48)49)23-26-11-13-29(14-12-26)27-7-3-1-4-8-27/h1-22,24-25,38H,23H2,(H,44,46)(H,45,47)(H,48,49). The molecule has 1 unspecified atom stereocenters. The number of halogens is 2. The zero-order valence-corrected chi connectivity index (χ0v) is 26.8. The van der Waals surface area contributed by atoms with Crippen molar-refractivity contribution in [2.75, 3.05) is 5.32 Å². The van der Waals surface area contributed by atoms with E-state index in [4.69, 9.17) is 11.6 Å². The van der Waals surface area contributed by atoms with Crippen molar-refractivity contribution in [2.45, 2.75) is 12.5 Å². The molecule has 242 valence electrons. The number of rotatable bonds is 10. The first-order valence-electron chi connectivity index (χ1n) is 15.5. The summed E-state index contributed by atoms with van der Waals surface area (Å²) < 4.78 is 13.9. The largest absolute Gasteiger partial charge is 0.480 e. The van der Waals surface area contributed by atoms with E-state index in [0.29, 0.717) is 16.7 Å². The van der Waals surface area contributed by atoms with E-state index in [-0.39, 0.29) is 22.7 Å². The number of carboxylic acids is 1. The van der Waals surface area contributed by atoms with Crippen molar-refractivity contribution in [3.8, 4) is 33.4 Å². The summed E-state index contributed by atoms with van der Waals surface area (Å²) >= 11 is 6.03. The fourth-order valence-electron chi connectivity index (χ4n) is 5.47. The number of amides is 2. The molecule has 0 saturated heterocycles. The maximum Gasteiger partial charge on any atom is 0.326 e. The van der Waals surface area contributed by atoms with Gasteiger partial charge in [-0.2, -0.15) is 0 Å². The molecule has 0 aliphatic rings. The average Bonchev–Trinajstić information content (AvgIpc) is 3.13. The summed E-state index contributed by atoms with van der Waals surface area (Å²) in [7, 11) is 0. The van der Waals surface area contributed by atoms with Gasteiger partial charge in [-0.15, -0.1) is 0 Å². The van der Waals surface area contributed by atoms with Gasteiger partial charge in [0.15, 0.2) is 0 Å². The molecule has 0 aliphatic heterocycles. The van der Waals surface area contributed by atoms with Crippen molar-refractivity contribution >= 4 is 35.1 Å². The number of carbonyl (C=O) groups is 3. The highest BCUT2D eigenvalue weighted by Gasteiger charge is 2.24. The van der Waals surface area contributed by atoms with Crippen LogP contribution in [0.2, 0.25) is 5.02 Å². The van der Waals surface area contributed by atoms with E-state index in [1.54, 1.807) is 24.3 Å². The van der Waals surface area contributed by atoms with Crippen LogP contribution in [0.5, 0.6) is 0 Å². The molecule has 0 saturated carbocycles. The molecule has 6 aromatic rings. The fraction of sp³-hybridized carbons (Fsp3) is 0.0488. The maximum absolute atomic E-state index is 13.9. The molecule has 0 aromatic heterocycles. The van der Waals surface area contributed by atoms with Gasteiger partial charge < -0.3 is 15.7 Å². The third-order valence-corrected chi connectivity index (χ3v) is 8.41. The number of aliphatic carboxylic acids is 1. The molecule has 0 aliphatic carbocycles. The van der Waals surface area contributed by atoms with E-state index in [2.05, 4.69) is 10.6 Å². The second-order valence-corrected chi connectivity index (χ2v) is 11.8. The Balaban J connectivity index is 1.26. The van der Waals surface area contributed by atoms with Crippen LogP contribution in [0, 0.1) is 5.82 Å². The van der Waals surface area contributed by atoms with Crippen LogP contribution < -0.4 is 10.6 Å². The van der Waals surface area contributed by atoms with Crippen LogP contribution in [0.3, 0.4) is 0 Å². The molecule has 0 bridgehead atoms. The molecule has 0 radical (unpaired) electrons. The van der Waals surface area contributed by atoms with E-state index in [9.17, 15) is 23.9 Å². The maximum atomic E-state index is 13.9. The van der Waals surface area contributed by atoms with E-state index in [0.717, 1.165) is 27.8 Å². The zero-order chi connectivity index (χ0) is 34.3. The predicted octanol–water partition coefficient (Wildman–Crippen LogP) is 9.16. The van der Waals surface area contributed by atoms with Crippen molar-refractivity contribution < 1.29 is 23.9 Å². The highest BCUT2D eigenvalue weighted by Crippen LogP contribution is 2.29. The molecule has 3 N–H and O–H groups in total. The third-order valence-electron chi connectivity index (χ3n) is 8.12. The first kappa shape index (κ1) is 32.9. The number of hydrogen-bond donors (Lipinski definition) is 3. The summed E-state index contributed by atoms with van der Waals surface area (Å²) in [6.07, 6.45) is 0.0266. The Bertz CT molecular complexity index is 2120. The van der Waals surface area contributed by atoms with Gasteiger partial charge in [-0.05, 0) is 75.3 Å². The number of carbonyl (C=O) groups excluding carboxylic acids is 2. The smallest absolute Gasteiger partial charge is 0.326 e. The molecule has 0 spiro atoms. The van der Waals surface area contributed by atoms with Gasteiger partial charge in [0.25, 0.3) is 11.8 Å². The van der Waals surface area contributed by atoms with Gasteiger partial charge in [0.1, 0.15) is 11.9 Å². The minimum Gasteiger partial charge on any atom is -0.480 e. The number of anilines is 1. The lowest BCUT2D eigenvalue weighted by molar-refractivity contribution is -0.139. The molecule has 2 amide bonds. The second kappa shape index (κ2) is 14.8. The number of nitrogens with one attached hydrogen (secondary N) is 2. The van der Waals surface area contributed by atoms with Crippen molar-refractivity contribution in [3.05, 3.63) is 173 Å². The third kappa shape index (κ3) is 7.92. The molecule has 6 nitrogen and oxygen atoms in total. The van der Waals surface area contributed by atoms with Gasteiger partial charge in [0.2, 0.25) is 0 Å². The van der Waals surface area contributed by atoms with Gasteiger partial charge in [0, 0.05) is 12.0 Å². The Morgan fingerprint density at radius 3 is 1.69 bits per heavy atom. The van der Waals surface area contributed by atoms with Crippen molar-refractivity contribution in [2.24, 2.45) is 0 Å². The number of benzene rings is 6. The lowest BCUT2D eigenvalue weighted by Crippen LogP contribution is -2.42. The van der Waals surface area contributed by atoms with Crippen molar-refractivity contribution in [1.29, 1.82) is 0 Å². The van der Waals surface area contributed by atoms with Crippen LogP contribution in [0.4, 0.5) is 10.1 Å². The van der Waals surface area contributed by atoms with Crippen LogP contribution in [0.25, 0.3) is 33.4 Å². The Morgan fingerprint density at radius 1 is 0.612 bits per heavy atom. The lowest BCUT2D eigenvalue weighted by Gasteiger charge is -2.18. The highest BCUT2D eigenvalue weighted by atomic mass is 35.5. The Hall–Kier alpha value is -6.05. The summed E-state index contributed by atoms with van der Waals surface area (Å²) in [4.78, 5) is 39.6. The van der Waals surface area contributed by atoms with Crippen LogP contribution in [-0.2, 0) is 11.2 Å². The first-order valence-corrected chi connectivity index (χ1v) is 15.9. The zero-order valence-electron chi connectivity index (χ0n) is 26.1. The van der Waals surface area contributed by atoms with Crippen LogP contribution >= 0.6 is 11.6 Å². The minimum atomic E-state index is -1.27. The van der Waals surface area contributed by atoms with E-state index < -0.39 is 29.6 Å². The summed E-state index contributed by atoms with van der Waals surface area (Å²) in [6, 6.07) is 41.7. The second-order valence-electron chi connectivity index (χ2n) is 11.4. The van der Waals surface area contributed by atoms with Crippen molar-refractivity contribution in [3.63, 3.8) is 0 Å². The van der Waals surface area contributed by atoms with Gasteiger partial charge in [-0.25, -0.2) is 9.18 Å². The van der Waals surface area contributed by atoms with Gasteiger partial charge in [-0.1, -0.05) is 121 Å². The van der Waals surface area contributed by atoms with Crippen molar-refractivity contribution in [1.82, 2.24) is 5.32 Å². The lowest BCUT2D eigenvalue weighted by atomic mass is 9.99. The molecule has 6 aromatic carbocycles. The quantitative estimate of drug-likeness (QED) is 0.136. The Morgan fingerprint density at radius 2 is 1.12 bits per heavy atom. The molecular weight excluding hydrogens is 639 g/mol. The minimum absolute atomic E-state index is 0.0258. The molecule has 49 heavy (non-hydrogen) atoms. The molecule has 0 heterocycles.